The van der Waals surface area contributed by atoms with E-state index in [0.717, 1.165) is 29.1 Å². The summed E-state index contributed by atoms with van der Waals surface area (Å²) in [6.07, 6.45) is 0.804. The first-order valence-electron chi connectivity index (χ1n) is 6.04. The number of hydrogen-bond acceptors (Lipinski definition) is 4. The number of benzene rings is 1. The van der Waals surface area contributed by atoms with E-state index >= 15 is 0 Å². The van der Waals surface area contributed by atoms with Crippen molar-refractivity contribution in [2.45, 2.75) is 6.42 Å². The zero-order chi connectivity index (χ0) is 14.1. The molecule has 5 nitrogen and oxygen atoms in total. The molecule has 20 heavy (non-hydrogen) atoms. The fourth-order valence-corrected chi connectivity index (χ4v) is 2.77. The molecule has 3 rings (SSSR count). The summed E-state index contributed by atoms with van der Waals surface area (Å²) in [4.78, 5) is 23.1. The molecule has 0 saturated heterocycles. The smallest absolute Gasteiger partial charge is 0.345 e. The summed E-state index contributed by atoms with van der Waals surface area (Å²) in [6.45, 7) is 0.646. The van der Waals surface area contributed by atoms with Gasteiger partial charge in [0.15, 0.2) is 0 Å². The number of carboxylic acids is 1. The molecule has 1 aliphatic rings. The Balaban J connectivity index is 1.77. The van der Waals surface area contributed by atoms with Crippen LogP contribution in [0, 0.1) is 0 Å². The van der Waals surface area contributed by atoms with E-state index in [0.29, 0.717) is 17.2 Å². The zero-order valence-corrected chi connectivity index (χ0v) is 11.2. The Bertz CT molecular complexity index is 692. The highest BCUT2D eigenvalue weighted by molar-refractivity contribution is 7.18. The van der Waals surface area contributed by atoms with Gasteiger partial charge in [0.05, 0.1) is 11.6 Å². The molecule has 2 heterocycles. The third kappa shape index (κ3) is 2.37. The maximum atomic E-state index is 12.1. The van der Waals surface area contributed by atoms with Gasteiger partial charge < -0.3 is 15.2 Å². The number of amides is 1. The monoisotopic (exact) mass is 289 g/mol. The van der Waals surface area contributed by atoms with Crippen molar-refractivity contribution in [2.24, 2.45) is 0 Å². The summed E-state index contributed by atoms with van der Waals surface area (Å²) in [7, 11) is 0. The second-order valence-corrected chi connectivity index (χ2v) is 5.43. The van der Waals surface area contributed by atoms with Crippen LogP contribution in [-0.2, 0) is 6.42 Å². The number of nitrogens with one attached hydrogen (secondary N) is 1. The van der Waals surface area contributed by atoms with Gasteiger partial charge in [-0.05, 0) is 35.9 Å². The standard InChI is InChI=1S/C14H11NO4S/c16-13(15-12-4-3-11(20-12)14(17)18)9-1-2-10-8(7-9)5-6-19-10/h1-4,7H,5-6H2,(H,15,16)(H,17,18). The first kappa shape index (κ1) is 12.7. The summed E-state index contributed by atoms with van der Waals surface area (Å²) in [5.41, 5.74) is 1.56. The highest BCUT2D eigenvalue weighted by atomic mass is 32.1. The average molecular weight is 289 g/mol. The molecule has 0 saturated carbocycles. The zero-order valence-electron chi connectivity index (χ0n) is 10.4. The first-order chi connectivity index (χ1) is 9.63. The lowest BCUT2D eigenvalue weighted by molar-refractivity contribution is 0.0702. The van der Waals surface area contributed by atoms with E-state index in [1.54, 1.807) is 18.2 Å². The number of ether oxygens (including phenoxy) is 1. The van der Waals surface area contributed by atoms with Crippen LogP contribution in [0.5, 0.6) is 5.75 Å². The lowest BCUT2D eigenvalue weighted by Gasteiger charge is -2.04. The van der Waals surface area contributed by atoms with Crippen LogP contribution in [0.2, 0.25) is 0 Å². The largest absolute Gasteiger partial charge is 0.493 e. The van der Waals surface area contributed by atoms with Gasteiger partial charge in [-0.3, -0.25) is 4.79 Å². The van der Waals surface area contributed by atoms with Crippen LogP contribution in [0.4, 0.5) is 5.00 Å². The molecular weight excluding hydrogens is 278 g/mol. The predicted molar refractivity (Wildman–Crippen MR) is 74.9 cm³/mol. The number of rotatable bonds is 3. The van der Waals surface area contributed by atoms with Gasteiger partial charge in [0.1, 0.15) is 10.6 Å². The molecule has 1 amide bonds. The molecule has 2 N–H and O–H groups in total. The number of hydrogen-bond donors (Lipinski definition) is 2. The average Bonchev–Trinajstić information content (AvgIpc) is 3.05. The lowest BCUT2D eigenvalue weighted by Crippen LogP contribution is -2.10. The van der Waals surface area contributed by atoms with E-state index in [1.807, 2.05) is 6.07 Å². The van der Waals surface area contributed by atoms with E-state index in [4.69, 9.17) is 9.84 Å². The quantitative estimate of drug-likeness (QED) is 0.910. The summed E-state index contributed by atoms with van der Waals surface area (Å²) >= 11 is 1.03. The van der Waals surface area contributed by atoms with Gasteiger partial charge in [-0.15, -0.1) is 11.3 Å². The number of carbonyl (C=O) groups is 2. The van der Waals surface area contributed by atoms with Gasteiger partial charge in [0.2, 0.25) is 0 Å². The fraction of sp³-hybridized carbons (Fsp3) is 0.143. The molecule has 1 aliphatic heterocycles. The van der Waals surface area contributed by atoms with Crippen molar-refractivity contribution in [3.8, 4) is 5.75 Å². The topological polar surface area (TPSA) is 75.6 Å². The molecule has 0 bridgehead atoms. The van der Waals surface area contributed by atoms with Crippen molar-refractivity contribution in [3.63, 3.8) is 0 Å². The summed E-state index contributed by atoms with van der Waals surface area (Å²) < 4.78 is 5.39. The number of carbonyl (C=O) groups excluding carboxylic acids is 1. The van der Waals surface area contributed by atoms with Gasteiger partial charge >= 0.3 is 5.97 Å². The molecule has 0 radical (unpaired) electrons. The second-order valence-electron chi connectivity index (χ2n) is 4.34. The van der Waals surface area contributed by atoms with E-state index < -0.39 is 5.97 Å². The number of fused-ring (bicyclic) bond motifs is 1. The van der Waals surface area contributed by atoms with Gasteiger partial charge in [0, 0.05) is 12.0 Å². The van der Waals surface area contributed by atoms with Crippen LogP contribution in [0.3, 0.4) is 0 Å². The van der Waals surface area contributed by atoms with Crippen molar-refractivity contribution in [3.05, 3.63) is 46.3 Å². The Kier molecular flexibility index (Phi) is 3.15. The fourth-order valence-electron chi connectivity index (χ4n) is 2.03. The minimum absolute atomic E-state index is 0.197. The SMILES string of the molecule is O=C(Nc1ccc(C(=O)O)s1)c1ccc2c(c1)CCO2. The molecule has 0 atom stereocenters. The maximum absolute atomic E-state index is 12.1. The molecule has 0 spiro atoms. The molecular formula is C14H11NO4S. The van der Waals surface area contributed by atoms with Crippen molar-refractivity contribution < 1.29 is 19.4 Å². The van der Waals surface area contributed by atoms with Crippen LogP contribution >= 0.6 is 11.3 Å². The van der Waals surface area contributed by atoms with Crippen LogP contribution in [0.1, 0.15) is 25.6 Å². The van der Waals surface area contributed by atoms with Gasteiger partial charge in [-0.25, -0.2) is 4.79 Å². The molecule has 0 aliphatic carbocycles. The van der Waals surface area contributed by atoms with Crippen LogP contribution in [-0.4, -0.2) is 23.6 Å². The Morgan fingerprint density at radius 1 is 1.25 bits per heavy atom. The van der Waals surface area contributed by atoms with Crippen LogP contribution < -0.4 is 10.1 Å². The van der Waals surface area contributed by atoms with Crippen molar-refractivity contribution in [2.75, 3.05) is 11.9 Å². The Labute approximate surface area is 118 Å². The number of aromatic carboxylic acids is 1. The van der Waals surface area contributed by atoms with Crippen molar-refractivity contribution in [1.82, 2.24) is 0 Å². The Morgan fingerprint density at radius 2 is 2.10 bits per heavy atom. The molecule has 102 valence electrons. The van der Waals surface area contributed by atoms with Crippen LogP contribution in [0.15, 0.2) is 30.3 Å². The lowest BCUT2D eigenvalue weighted by atomic mass is 10.1. The van der Waals surface area contributed by atoms with Gasteiger partial charge in [-0.2, -0.15) is 0 Å². The summed E-state index contributed by atoms with van der Waals surface area (Å²) in [6, 6.07) is 8.35. The molecule has 2 aromatic rings. The summed E-state index contributed by atoms with van der Waals surface area (Å²) in [5.74, 6) is -0.422. The van der Waals surface area contributed by atoms with E-state index in [9.17, 15) is 9.59 Å². The van der Waals surface area contributed by atoms with Crippen LogP contribution in [0.25, 0.3) is 0 Å². The predicted octanol–water partition coefficient (Wildman–Crippen LogP) is 2.63. The normalized spacial score (nSPS) is 12.6. The Morgan fingerprint density at radius 3 is 2.85 bits per heavy atom. The maximum Gasteiger partial charge on any atom is 0.345 e. The highest BCUT2D eigenvalue weighted by Crippen LogP contribution is 2.27. The third-order valence-corrected chi connectivity index (χ3v) is 3.99. The highest BCUT2D eigenvalue weighted by Gasteiger charge is 2.16. The van der Waals surface area contributed by atoms with Gasteiger partial charge in [-0.1, -0.05) is 0 Å². The third-order valence-electron chi connectivity index (χ3n) is 3.01. The first-order valence-corrected chi connectivity index (χ1v) is 6.85. The minimum Gasteiger partial charge on any atom is -0.493 e. The second kappa shape index (κ2) is 4.97. The molecule has 6 heteroatoms. The molecule has 1 aromatic heterocycles. The van der Waals surface area contributed by atoms with Crippen molar-refractivity contribution >= 4 is 28.2 Å². The number of carboxylic acid groups (broad SMARTS) is 1. The number of anilines is 1. The van der Waals surface area contributed by atoms with E-state index in [1.165, 1.54) is 6.07 Å². The Hall–Kier alpha value is -2.34. The van der Waals surface area contributed by atoms with Crippen molar-refractivity contribution in [1.29, 1.82) is 0 Å². The molecule has 0 unspecified atom stereocenters. The summed E-state index contributed by atoms with van der Waals surface area (Å²) in [5, 5.41) is 12.1. The molecule has 0 fully saturated rings. The number of thiophene rings is 1. The van der Waals surface area contributed by atoms with E-state index in [-0.39, 0.29) is 10.8 Å². The molecule has 1 aromatic carbocycles. The van der Waals surface area contributed by atoms with E-state index in [2.05, 4.69) is 5.32 Å². The minimum atomic E-state index is -0.995. The van der Waals surface area contributed by atoms with Gasteiger partial charge in [0.25, 0.3) is 5.91 Å².